The Hall–Kier alpha value is -2.17. The molecule has 24 heavy (non-hydrogen) atoms. The maximum absolute atomic E-state index is 13.2. The van der Waals surface area contributed by atoms with Crippen molar-refractivity contribution in [3.05, 3.63) is 52.7 Å². The van der Waals surface area contributed by atoms with E-state index in [1.165, 1.54) is 25.0 Å². The monoisotopic (exact) mass is 330 g/mol. The largest absolute Gasteiger partial charge is 0.361 e. The zero-order valence-electron chi connectivity index (χ0n) is 14.1. The molecule has 0 bridgehead atoms. The van der Waals surface area contributed by atoms with Crippen molar-refractivity contribution in [2.45, 2.75) is 52.0 Å². The van der Waals surface area contributed by atoms with Crippen LogP contribution in [0.4, 0.5) is 4.39 Å². The molecule has 0 saturated heterocycles. The molecule has 0 aliphatic heterocycles. The highest BCUT2D eigenvalue weighted by Crippen LogP contribution is 2.35. The lowest BCUT2D eigenvalue weighted by molar-refractivity contribution is -0.121. The predicted octanol–water partition coefficient (Wildman–Crippen LogP) is 4.02. The molecule has 0 radical (unpaired) electrons. The first-order valence-electron chi connectivity index (χ1n) is 8.51. The average Bonchev–Trinajstić information content (AvgIpc) is 3.19. The Morgan fingerprint density at radius 3 is 2.54 bits per heavy atom. The number of aromatic nitrogens is 1. The van der Waals surface area contributed by atoms with Gasteiger partial charge in [0.05, 0.1) is 18.2 Å². The Kier molecular flexibility index (Phi) is 4.97. The maximum atomic E-state index is 13.2. The van der Waals surface area contributed by atoms with Gasteiger partial charge in [0.25, 0.3) is 0 Å². The molecular weight excluding hydrogens is 307 g/mol. The van der Waals surface area contributed by atoms with Crippen LogP contribution in [0.1, 0.15) is 54.3 Å². The Labute approximate surface area is 141 Å². The van der Waals surface area contributed by atoms with Crippen molar-refractivity contribution in [3.63, 3.8) is 0 Å². The fourth-order valence-corrected chi connectivity index (χ4v) is 3.57. The van der Waals surface area contributed by atoms with Crippen LogP contribution in [0.25, 0.3) is 0 Å². The minimum atomic E-state index is -0.258. The molecule has 0 spiro atoms. The van der Waals surface area contributed by atoms with E-state index in [-0.39, 0.29) is 24.2 Å². The van der Waals surface area contributed by atoms with E-state index in [2.05, 4.69) is 10.5 Å². The number of aryl methyl sites for hydroxylation is 2. The number of carbonyl (C=O) groups excluding carboxylic acids is 1. The summed E-state index contributed by atoms with van der Waals surface area (Å²) >= 11 is 0. The normalized spacial score (nSPS) is 16.3. The van der Waals surface area contributed by atoms with Crippen molar-refractivity contribution in [2.75, 3.05) is 0 Å². The van der Waals surface area contributed by atoms with E-state index in [0.29, 0.717) is 11.7 Å². The molecule has 1 fully saturated rings. The van der Waals surface area contributed by atoms with Crippen LogP contribution in [-0.2, 0) is 11.2 Å². The van der Waals surface area contributed by atoms with Gasteiger partial charge >= 0.3 is 0 Å². The van der Waals surface area contributed by atoms with Crippen LogP contribution in [0, 0.1) is 25.6 Å². The second-order valence-corrected chi connectivity index (χ2v) is 6.62. The molecular formula is C19H23FN2O2. The Bertz CT molecular complexity index is 683. The lowest BCUT2D eigenvalue weighted by Gasteiger charge is -2.25. The summed E-state index contributed by atoms with van der Waals surface area (Å²) in [5.74, 6) is 0.780. The van der Waals surface area contributed by atoms with E-state index < -0.39 is 0 Å². The van der Waals surface area contributed by atoms with Gasteiger partial charge < -0.3 is 9.84 Å². The Balaban J connectivity index is 1.76. The first-order valence-corrected chi connectivity index (χ1v) is 8.51. The SMILES string of the molecule is Cc1noc(C)c1CC(=O)N[C@@H](c1ccc(F)cc1)C1CCCC1. The smallest absolute Gasteiger partial charge is 0.225 e. The van der Waals surface area contributed by atoms with Crippen LogP contribution < -0.4 is 5.32 Å². The van der Waals surface area contributed by atoms with Crippen molar-refractivity contribution in [1.82, 2.24) is 10.5 Å². The van der Waals surface area contributed by atoms with Gasteiger partial charge in [-0.1, -0.05) is 30.1 Å². The number of amides is 1. The quantitative estimate of drug-likeness (QED) is 0.901. The lowest BCUT2D eigenvalue weighted by atomic mass is 9.91. The fourth-order valence-electron chi connectivity index (χ4n) is 3.57. The number of hydrogen-bond donors (Lipinski definition) is 1. The summed E-state index contributed by atoms with van der Waals surface area (Å²) in [7, 11) is 0. The Morgan fingerprint density at radius 2 is 1.96 bits per heavy atom. The third kappa shape index (κ3) is 3.66. The topological polar surface area (TPSA) is 55.1 Å². The Morgan fingerprint density at radius 1 is 1.29 bits per heavy atom. The van der Waals surface area contributed by atoms with Gasteiger partial charge in [-0.05, 0) is 50.3 Å². The standard InChI is InChI=1S/C19H23FN2O2/c1-12-17(13(2)24-22-12)11-18(23)21-19(14-5-3-4-6-14)15-7-9-16(20)10-8-15/h7-10,14,19H,3-6,11H2,1-2H3,(H,21,23)/t19-/m1/s1. The predicted molar refractivity (Wildman–Crippen MR) is 88.9 cm³/mol. The van der Waals surface area contributed by atoms with Gasteiger partial charge in [0.1, 0.15) is 11.6 Å². The summed E-state index contributed by atoms with van der Waals surface area (Å²) in [5, 5.41) is 7.05. The second kappa shape index (κ2) is 7.16. The number of hydrogen-bond acceptors (Lipinski definition) is 3. The van der Waals surface area contributed by atoms with Crippen LogP contribution in [-0.4, -0.2) is 11.1 Å². The number of benzene rings is 1. The van der Waals surface area contributed by atoms with Crippen LogP contribution in [0.3, 0.4) is 0 Å². The molecule has 1 aromatic carbocycles. The third-order valence-corrected chi connectivity index (χ3v) is 4.94. The van der Waals surface area contributed by atoms with Crippen molar-refractivity contribution in [2.24, 2.45) is 5.92 Å². The molecule has 1 aliphatic rings. The summed E-state index contributed by atoms with van der Waals surface area (Å²) < 4.78 is 18.4. The number of nitrogens with zero attached hydrogens (tertiary/aromatic N) is 1. The van der Waals surface area contributed by atoms with E-state index in [9.17, 15) is 9.18 Å². The fraction of sp³-hybridized carbons (Fsp3) is 0.474. The molecule has 4 nitrogen and oxygen atoms in total. The summed E-state index contributed by atoms with van der Waals surface area (Å²) in [4.78, 5) is 12.6. The van der Waals surface area contributed by atoms with Gasteiger partial charge in [0, 0.05) is 5.56 Å². The summed E-state index contributed by atoms with van der Waals surface area (Å²) in [5.41, 5.74) is 2.56. The first kappa shape index (κ1) is 16.7. The lowest BCUT2D eigenvalue weighted by Crippen LogP contribution is -2.34. The van der Waals surface area contributed by atoms with Crippen molar-refractivity contribution in [3.8, 4) is 0 Å². The van der Waals surface area contributed by atoms with Gasteiger partial charge in [-0.3, -0.25) is 4.79 Å². The van der Waals surface area contributed by atoms with Gasteiger partial charge in [-0.15, -0.1) is 0 Å². The molecule has 2 aromatic rings. The van der Waals surface area contributed by atoms with Gasteiger partial charge in [0.2, 0.25) is 5.91 Å². The van der Waals surface area contributed by atoms with Gasteiger partial charge in [-0.2, -0.15) is 0 Å². The zero-order chi connectivity index (χ0) is 17.1. The van der Waals surface area contributed by atoms with E-state index in [1.807, 2.05) is 13.8 Å². The minimum Gasteiger partial charge on any atom is -0.361 e. The number of carbonyl (C=O) groups is 1. The van der Waals surface area contributed by atoms with Crippen LogP contribution >= 0.6 is 0 Å². The first-order chi connectivity index (χ1) is 11.5. The van der Waals surface area contributed by atoms with E-state index in [4.69, 9.17) is 4.52 Å². The highest BCUT2D eigenvalue weighted by molar-refractivity contribution is 5.79. The van der Waals surface area contributed by atoms with Crippen molar-refractivity contribution < 1.29 is 13.7 Å². The third-order valence-electron chi connectivity index (χ3n) is 4.94. The van der Waals surface area contributed by atoms with E-state index >= 15 is 0 Å². The van der Waals surface area contributed by atoms with Crippen LogP contribution in [0.15, 0.2) is 28.8 Å². The molecule has 1 aliphatic carbocycles. The molecule has 1 heterocycles. The number of rotatable bonds is 5. The molecule has 1 N–H and O–H groups in total. The van der Waals surface area contributed by atoms with Crippen molar-refractivity contribution in [1.29, 1.82) is 0 Å². The molecule has 5 heteroatoms. The highest BCUT2D eigenvalue weighted by atomic mass is 19.1. The maximum Gasteiger partial charge on any atom is 0.225 e. The number of halogens is 1. The summed E-state index contributed by atoms with van der Waals surface area (Å²) in [6.45, 7) is 3.66. The van der Waals surface area contributed by atoms with E-state index in [0.717, 1.165) is 29.7 Å². The second-order valence-electron chi connectivity index (χ2n) is 6.62. The van der Waals surface area contributed by atoms with Crippen LogP contribution in [0.5, 0.6) is 0 Å². The molecule has 0 unspecified atom stereocenters. The summed E-state index contributed by atoms with van der Waals surface area (Å²) in [6.07, 6.45) is 4.80. The molecule has 128 valence electrons. The molecule has 3 rings (SSSR count). The number of nitrogens with one attached hydrogen (secondary N) is 1. The van der Waals surface area contributed by atoms with E-state index in [1.54, 1.807) is 12.1 Å². The van der Waals surface area contributed by atoms with Gasteiger partial charge in [-0.25, -0.2) is 4.39 Å². The molecule has 1 aromatic heterocycles. The highest BCUT2D eigenvalue weighted by Gasteiger charge is 2.28. The molecule has 1 saturated carbocycles. The van der Waals surface area contributed by atoms with Gasteiger partial charge in [0.15, 0.2) is 0 Å². The minimum absolute atomic E-state index is 0.0503. The molecule has 1 amide bonds. The zero-order valence-corrected chi connectivity index (χ0v) is 14.1. The van der Waals surface area contributed by atoms with Crippen molar-refractivity contribution >= 4 is 5.91 Å². The van der Waals surface area contributed by atoms with Crippen LogP contribution in [0.2, 0.25) is 0 Å². The average molecular weight is 330 g/mol. The summed E-state index contributed by atoms with van der Waals surface area (Å²) in [6, 6.07) is 6.39. The molecule has 1 atom stereocenters.